The summed E-state index contributed by atoms with van der Waals surface area (Å²) >= 11 is 0. The number of phenolic OH excluding ortho intramolecular Hbond substituents is 1. The third-order valence-electron chi connectivity index (χ3n) is 9.03. The number of benzene rings is 2. The molecule has 2 aromatic carbocycles. The number of ether oxygens (including phenoxy) is 1. The summed E-state index contributed by atoms with van der Waals surface area (Å²) in [7, 11) is 2.10. The van der Waals surface area contributed by atoms with E-state index >= 15 is 0 Å². The molecule has 8 nitrogen and oxygen atoms in total. The Bertz CT molecular complexity index is 1540. The van der Waals surface area contributed by atoms with Gasteiger partial charge in [-0.2, -0.15) is 0 Å². The maximum absolute atomic E-state index is 12.6. The van der Waals surface area contributed by atoms with Gasteiger partial charge >= 0.3 is 5.97 Å². The van der Waals surface area contributed by atoms with Gasteiger partial charge in [0.1, 0.15) is 28.4 Å². The van der Waals surface area contributed by atoms with Gasteiger partial charge < -0.3 is 24.3 Å². The molecule has 0 radical (unpaired) electrons. The number of pyridine rings is 1. The highest BCUT2D eigenvalue weighted by atomic mass is 16.5. The Morgan fingerprint density at radius 3 is 2.51 bits per heavy atom. The van der Waals surface area contributed by atoms with Crippen LogP contribution in [-0.4, -0.2) is 70.8 Å². The molecule has 2 aromatic heterocycles. The third kappa shape index (κ3) is 5.38. The van der Waals surface area contributed by atoms with Crippen LogP contribution in [0.3, 0.4) is 0 Å². The third-order valence-corrected chi connectivity index (χ3v) is 9.03. The van der Waals surface area contributed by atoms with E-state index in [1.54, 1.807) is 19.3 Å². The number of fused-ring (bicyclic) bond motifs is 3. The van der Waals surface area contributed by atoms with Gasteiger partial charge in [0.05, 0.1) is 12.6 Å². The number of furan rings is 1. The zero-order valence-electron chi connectivity index (χ0n) is 23.9. The Morgan fingerprint density at radius 2 is 1.80 bits per heavy atom. The van der Waals surface area contributed by atoms with Crippen LogP contribution in [0.1, 0.15) is 71.8 Å². The monoisotopic (exact) mass is 557 g/mol. The molecule has 0 spiro atoms. The number of piperazine rings is 1. The molecule has 3 heterocycles. The molecule has 41 heavy (non-hydrogen) atoms. The van der Waals surface area contributed by atoms with E-state index in [0.717, 1.165) is 38.2 Å². The van der Waals surface area contributed by atoms with Crippen molar-refractivity contribution >= 4 is 27.7 Å². The molecule has 2 N–H and O–H groups in total. The lowest BCUT2D eigenvalue weighted by Gasteiger charge is -2.39. The first kappa shape index (κ1) is 27.5. The summed E-state index contributed by atoms with van der Waals surface area (Å²) in [6, 6.07) is 9.14. The predicted octanol–water partition coefficient (Wildman–Crippen LogP) is 6.38. The van der Waals surface area contributed by atoms with Crippen LogP contribution in [0.5, 0.6) is 11.5 Å². The second-order valence-corrected chi connectivity index (χ2v) is 11.7. The maximum Gasteiger partial charge on any atom is 0.339 e. The van der Waals surface area contributed by atoms with Crippen molar-refractivity contribution in [3.05, 3.63) is 65.2 Å². The average Bonchev–Trinajstić information content (AvgIpc) is 3.34. The molecule has 1 atom stereocenters. The Labute approximate surface area is 240 Å². The van der Waals surface area contributed by atoms with Gasteiger partial charge in [0.2, 0.25) is 0 Å². The molecule has 1 aliphatic heterocycles. The number of phenols is 1. The smallest absolute Gasteiger partial charge is 0.339 e. The van der Waals surface area contributed by atoms with Crippen LogP contribution in [0.15, 0.2) is 47.1 Å². The number of aromatic carboxylic acids is 1. The number of carboxylic acids is 1. The van der Waals surface area contributed by atoms with Gasteiger partial charge in [-0.1, -0.05) is 32.1 Å². The van der Waals surface area contributed by atoms with Crippen LogP contribution >= 0.6 is 0 Å². The molecular weight excluding hydrogens is 518 g/mol. The zero-order chi connectivity index (χ0) is 28.5. The van der Waals surface area contributed by atoms with Crippen LogP contribution < -0.4 is 4.74 Å². The van der Waals surface area contributed by atoms with Gasteiger partial charge in [-0.05, 0) is 62.2 Å². The summed E-state index contributed by atoms with van der Waals surface area (Å²) in [6.45, 7) is 5.59. The molecule has 2 aliphatic rings. The quantitative estimate of drug-likeness (QED) is 0.258. The van der Waals surface area contributed by atoms with Crippen LogP contribution in [-0.2, 0) is 0 Å². The Kier molecular flexibility index (Phi) is 7.86. The number of hydrogen-bond donors (Lipinski definition) is 2. The number of carboxylic acid groups (broad SMARTS) is 1. The summed E-state index contributed by atoms with van der Waals surface area (Å²) in [6.07, 6.45) is 11.0. The van der Waals surface area contributed by atoms with E-state index in [4.69, 9.17) is 9.15 Å². The van der Waals surface area contributed by atoms with Crippen molar-refractivity contribution < 1.29 is 24.2 Å². The van der Waals surface area contributed by atoms with Crippen LogP contribution in [0.25, 0.3) is 21.7 Å². The summed E-state index contributed by atoms with van der Waals surface area (Å²) in [5.41, 5.74) is 2.06. The van der Waals surface area contributed by atoms with Gasteiger partial charge in [-0.3, -0.25) is 9.88 Å². The number of aromatic hydroxyl groups is 1. The Morgan fingerprint density at radius 1 is 1.07 bits per heavy atom. The van der Waals surface area contributed by atoms with E-state index in [1.807, 2.05) is 30.3 Å². The SMILES string of the molecule is Cc1oc2c(c1C(=O)O)c(C(c1ccncc1)N1CCN(C)CC1)c(O)c1cc(OCCC3CCCCC3)ccc12. The molecule has 6 rings (SSSR count). The predicted molar refractivity (Wildman–Crippen MR) is 159 cm³/mol. The Balaban J connectivity index is 1.50. The molecule has 0 amide bonds. The maximum atomic E-state index is 12.6. The Hall–Kier alpha value is -3.62. The lowest BCUT2D eigenvalue weighted by molar-refractivity contribution is 0.0696. The first-order valence-corrected chi connectivity index (χ1v) is 14.8. The number of carbonyl (C=O) groups is 1. The lowest BCUT2D eigenvalue weighted by Crippen LogP contribution is -2.46. The van der Waals surface area contributed by atoms with Crippen molar-refractivity contribution in [1.82, 2.24) is 14.8 Å². The number of hydrogen-bond acceptors (Lipinski definition) is 7. The number of nitrogens with zero attached hydrogens (tertiary/aromatic N) is 3. The number of aryl methyl sites for hydroxylation is 1. The molecule has 0 bridgehead atoms. The molecule has 8 heteroatoms. The summed E-state index contributed by atoms with van der Waals surface area (Å²) in [4.78, 5) is 21.4. The fraction of sp³-hybridized carbons (Fsp3) is 0.455. The van der Waals surface area contributed by atoms with E-state index in [-0.39, 0.29) is 17.4 Å². The average molecular weight is 558 g/mol. The van der Waals surface area contributed by atoms with Gasteiger partial charge in [0.25, 0.3) is 0 Å². The largest absolute Gasteiger partial charge is 0.507 e. The number of aromatic nitrogens is 1. The number of likely N-dealkylation sites (N-methyl/N-ethyl adjacent to an activating group) is 1. The van der Waals surface area contributed by atoms with Crippen molar-refractivity contribution in [3.63, 3.8) is 0 Å². The first-order chi connectivity index (χ1) is 19.9. The van der Waals surface area contributed by atoms with Crippen LogP contribution in [0, 0.1) is 12.8 Å². The minimum atomic E-state index is -1.07. The minimum absolute atomic E-state index is 0.0641. The van der Waals surface area contributed by atoms with E-state index in [9.17, 15) is 15.0 Å². The fourth-order valence-corrected chi connectivity index (χ4v) is 6.79. The molecule has 4 aromatic rings. The van der Waals surface area contributed by atoms with Crippen LogP contribution in [0.4, 0.5) is 0 Å². The van der Waals surface area contributed by atoms with Gasteiger partial charge in [0, 0.05) is 60.3 Å². The highest BCUT2D eigenvalue weighted by molar-refractivity contribution is 6.16. The normalized spacial score (nSPS) is 18.2. The first-order valence-electron chi connectivity index (χ1n) is 14.8. The van der Waals surface area contributed by atoms with Gasteiger partial charge in [0.15, 0.2) is 0 Å². The van der Waals surface area contributed by atoms with Crippen molar-refractivity contribution in [3.8, 4) is 11.5 Å². The summed E-state index contributed by atoms with van der Waals surface area (Å²) in [5, 5.41) is 24.1. The molecular formula is C33H39N3O5. The molecule has 2 fully saturated rings. The van der Waals surface area contributed by atoms with Crippen molar-refractivity contribution in [2.75, 3.05) is 39.8 Å². The standard InChI is InChI=1S/C33H39N3O5/c1-21-27(33(38)39)28-29(30(23-10-13-34-14-11-23)36-17-15-35(2)16-18-36)31(37)26-20-24(8-9-25(26)32(28)41-21)40-19-12-22-6-4-3-5-7-22/h8-11,13-14,20,22,30,37H,3-7,12,15-19H2,1-2H3,(H,38,39). The van der Waals surface area contributed by atoms with E-state index < -0.39 is 5.97 Å². The molecule has 1 saturated heterocycles. The summed E-state index contributed by atoms with van der Waals surface area (Å²) in [5.74, 6) is 0.718. The molecule has 1 aliphatic carbocycles. The highest BCUT2D eigenvalue weighted by Gasteiger charge is 2.34. The highest BCUT2D eigenvalue weighted by Crippen LogP contribution is 2.48. The molecule has 216 valence electrons. The second-order valence-electron chi connectivity index (χ2n) is 11.7. The molecule has 1 saturated carbocycles. The fourth-order valence-electron chi connectivity index (χ4n) is 6.79. The van der Waals surface area contributed by atoms with Crippen LogP contribution in [0.2, 0.25) is 0 Å². The van der Waals surface area contributed by atoms with E-state index in [0.29, 0.717) is 51.3 Å². The topological polar surface area (TPSA) is 99.3 Å². The number of rotatable bonds is 8. The van der Waals surface area contributed by atoms with E-state index in [2.05, 4.69) is 21.8 Å². The van der Waals surface area contributed by atoms with Crippen molar-refractivity contribution in [2.45, 2.75) is 51.5 Å². The van der Waals surface area contributed by atoms with Crippen molar-refractivity contribution in [1.29, 1.82) is 0 Å². The summed E-state index contributed by atoms with van der Waals surface area (Å²) < 4.78 is 12.4. The van der Waals surface area contributed by atoms with E-state index in [1.165, 1.54) is 32.1 Å². The second kappa shape index (κ2) is 11.7. The molecule has 1 unspecified atom stereocenters. The lowest BCUT2D eigenvalue weighted by atomic mass is 9.87. The van der Waals surface area contributed by atoms with Gasteiger partial charge in [-0.25, -0.2) is 4.79 Å². The zero-order valence-corrected chi connectivity index (χ0v) is 23.9. The minimum Gasteiger partial charge on any atom is -0.507 e. The van der Waals surface area contributed by atoms with Crippen molar-refractivity contribution in [2.24, 2.45) is 5.92 Å². The van der Waals surface area contributed by atoms with Gasteiger partial charge in [-0.15, -0.1) is 0 Å².